The van der Waals surface area contributed by atoms with E-state index in [9.17, 15) is 30.4 Å². The number of nitro benzene ring substituents is 2. The van der Waals surface area contributed by atoms with Gasteiger partial charge in [-0.2, -0.15) is 20.5 Å². The van der Waals surface area contributed by atoms with Gasteiger partial charge in [0.05, 0.1) is 58.8 Å². The molecule has 0 saturated carbocycles. The van der Waals surface area contributed by atoms with E-state index in [1.54, 1.807) is 73.1 Å². The number of phenols is 2. The third-order valence-corrected chi connectivity index (χ3v) is 9.99. The first-order valence-electron chi connectivity index (χ1n) is 21.0. The lowest BCUT2D eigenvalue weighted by Crippen LogP contribution is -2.27. The molecule has 0 saturated heterocycles. The van der Waals surface area contributed by atoms with Crippen molar-refractivity contribution in [2.45, 2.75) is 13.8 Å². The van der Waals surface area contributed by atoms with Gasteiger partial charge in [0.2, 0.25) is 0 Å². The summed E-state index contributed by atoms with van der Waals surface area (Å²) in [7, 11) is 0. The first kappa shape index (κ1) is 47.0. The largest absolute Gasteiger partial charge is 0.504 e. The van der Waals surface area contributed by atoms with Crippen molar-refractivity contribution in [3.05, 3.63) is 165 Å². The number of benzene rings is 6. The average Bonchev–Trinajstić information content (AvgIpc) is 3.34. The van der Waals surface area contributed by atoms with Crippen LogP contribution in [0.2, 0.25) is 0 Å². The van der Waals surface area contributed by atoms with Crippen LogP contribution in [0.3, 0.4) is 0 Å². The summed E-state index contributed by atoms with van der Waals surface area (Å²) in [6.45, 7) is 7.94. The van der Waals surface area contributed by atoms with Crippen LogP contribution in [0.25, 0.3) is 0 Å². The Hall–Kier alpha value is -8.54. The highest BCUT2D eigenvalue weighted by atomic mass is 16.6. The molecule has 18 heteroatoms. The molecule has 6 rings (SSSR count). The summed E-state index contributed by atoms with van der Waals surface area (Å²) in [6.07, 6.45) is 3.15. The molecule has 0 unspecified atom stereocenters. The quantitative estimate of drug-likeness (QED) is 0.0203. The topological polar surface area (TPSA) is 226 Å². The number of rotatable bonds is 23. The molecule has 2 N–H and O–H groups in total. The van der Waals surface area contributed by atoms with E-state index >= 15 is 0 Å². The maximum Gasteiger partial charge on any atom is 0.269 e. The van der Waals surface area contributed by atoms with Crippen molar-refractivity contribution in [1.82, 2.24) is 0 Å². The molecule has 0 atom stereocenters. The zero-order valence-electron chi connectivity index (χ0n) is 36.3. The van der Waals surface area contributed by atoms with E-state index in [-0.39, 0.29) is 22.9 Å². The highest BCUT2D eigenvalue weighted by molar-refractivity contribution is 5.85. The van der Waals surface area contributed by atoms with Gasteiger partial charge in [0.15, 0.2) is 23.0 Å². The van der Waals surface area contributed by atoms with Crippen molar-refractivity contribution < 1.29 is 29.5 Å². The number of aromatic hydroxyl groups is 2. The number of nitrogens with zero attached hydrogens (tertiary/aromatic N) is 10. The number of nitro groups is 2. The second kappa shape index (κ2) is 23.8. The number of aliphatic imine (C=N–C) groups is 2. The highest BCUT2D eigenvalue weighted by Crippen LogP contribution is 2.31. The summed E-state index contributed by atoms with van der Waals surface area (Å²) in [5, 5.41) is 60.3. The van der Waals surface area contributed by atoms with E-state index in [0.717, 1.165) is 24.5 Å². The zero-order valence-corrected chi connectivity index (χ0v) is 36.3. The lowest BCUT2D eigenvalue weighted by Gasteiger charge is -2.23. The van der Waals surface area contributed by atoms with Crippen LogP contribution in [0.1, 0.15) is 25.0 Å². The fourth-order valence-corrected chi connectivity index (χ4v) is 6.41. The normalized spacial score (nSPS) is 11.5. The first-order valence-corrected chi connectivity index (χ1v) is 21.0. The molecule has 6 aromatic rings. The van der Waals surface area contributed by atoms with E-state index in [2.05, 4.69) is 40.2 Å². The van der Waals surface area contributed by atoms with Gasteiger partial charge >= 0.3 is 0 Å². The molecule has 338 valence electrons. The summed E-state index contributed by atoms with van der Waals surface area (Å²) in [4.78, 5) is 33.9. The maximum absolute atomic E-state index is 10.9. The molecule has 0 amide bonds. The lowest BCUT2D eigenvalue weighted by atomic mass is 10.2. The van der Waals surface area contributed by atoms with Gasteiger partial charge in [-0.15, -0.1) is 0 Å². The Morgan fingerprint density at radius 3 is 1.17 bits per heavy atom. The van der Waals surface area contributed by atoms with E-state index in [1.165, 1.54) is 24.3 Å². The summed E-state index contributed by atoms with van der Waals surface area (Å²) in [6, 6.07) is 37.2. The number of phenolic OH excluding ortho intramolecular Hbond substituents is 2. The summed E-state index contributed by atoms with van der Waals surface area (Å²) < 4.78 is 11.9. The molecule has 0 bridgehead atoms. The van der Waals surface area contributed by atoms with Crippen LogP contribution >= 0.6 is 0 Å². The minimum absolute atomic E-state index is 0.00923. The maximum atomic E-state index is 10.9. The van der Waals surface area contributed by atoms with Crippen molar-refractivity contribution in [3.63, 3.8) is 0 Å². The monoisotopic (exact) mass is 892 g/mol. The van der Waals surface area contributed by atoms with Crippen molar-refractivity contribution >= 4 is 57.9 Å². The molecule has 0 aliphatic rings. The van der Waals surface area contributed by atoms with E-state index in [1.807, 2.05) is 62.4 Å². The predicted molar refractivity (Wildman–Crippen MR) is 255 cm³/mol. The van der Waals surface area contributed by atoms with Crippen molar-refractivity contribution in [1.29, 1.82) is 0 Å². The third kappa shape index (κ3) is 13.5. The number of non-ortho nitro benzene ring substituents is 2. The van der Waals surface area contributed by atoms with Gasteiger partial charge in [-0.05, 0) is 111 Å². The third-order valence-electron chi connectivity index (χ3n) is 9.99. The molecule has 6 aromatic carbocycles. The minimum atomic E-state index is -0.463. The Labute approximate surface area is 380 Å². The number of para-hydroxylation sites is 2. The molecule has 0 heterocycles. The predicted octanol–water partition coefficient (Wildman–Crippen LogP) is 11.1. The molecule has 66 heavy (non-hydrogen) atoms. The number of ether oxygens (including phenoxy) is 2. The number of azo groups is 2. The number of anilines is 2. The second-order valence-electron chi connectivity index (χ2n) is 14.3. The lowest BCUT2D eigenvalue weighted by molar-refractivity contribution is -0.385. The van der Waals surface area contributed by atoms with E-state index in [0.29, 0.717) is 84.8 Å². The Morgan fingerprint density at radius 2 is 0.848 bits per heavy atom. The molecule has 0 radical (unpaired) electrons. The fourth-order valence-electron chi connectivity index (χ4n) is 6.41. The molecule has 18 nitrogen and oxygen atoms in total. The number of hydrogen-bond donors (Lipinski definition) is 2. The van der Waals surface area contributed by atoms with Crippen molar-refractivity contribution in [2.24, 2.45) is 30.4 Å². The summed E-state index contributed by atoms with van der Waals surface area (Å²) in [5.74, 6) is 0.649. The Kier molecular flexibility index (Phi) is 16.9. The van der Waals surface area contributed by atoms with Crippen LogP contribution < -0.4 is 19.3 Å². The van der Waals surface area contributed by atoms with Crippen LogP contribution in [-0.4, -0.2) is 85.0 Å². The molecular weight excluding hydrogens is 845 g/mol. The van der Waals surface area contributed by atoms with Gasteiger partial charge in [0.25, 0.3) is 11.4 Å². The molecule has 0 aliphatic heterocycles. The van der Waals surface area contributed by atoms with Crippen LogP contribution in [0.4, 0.5) is 45.5 Å². The molecule has 0 fully saturated rings. The average molecular weight is 893 g/mol. The van der Waals surface area contributed by atoms with Crippen LogP contribution in [0, 0.1) is 20.2 Å². The Morgan fingerprint density at radius 1 is 0.515 bits per heavy atom. The zero-order chi connectivity index (χ0) is 46.7. The summed E-state index contributed by atoms with van der Waals surface area (Å²) >= 11 is 0. The first-order chi connectivity index (χ1) is 32.1. The molecule has 0 aromatic heterocycles. The number of likely N-dealkylation sites (N-methyl/N-ethyl adjacent to an activating group) is 2. The minimum Gasteiger partial charge on any atom is -0.504 e. The van der Waals surface area contributed by atoms with Gasteiger partial charge in [-0.3, -0.25) is 30.2 Å². The Bertz CT molecular complexity index is 2470. The Balaban J connectivity index is 0.921. The van der Waals surface area contributed by atoms with E-state index in [4.69, 9.17) is 9.47 Å². The van der Waals surface area contributed by atoms with Gasteiger partial charge in [-0.1, -0.05) is 12.1 Å². The van der Waals surface area contributed by atoms with Gasteiger partial charge in [0, 0.05) is 72.3 Å². The highest BCUT2D eigenvalue weighted by Gasteiger charge is 2.12. The van der Waals surface area contributed by atoms with Crippen LogP contribution in [0.15, 0.2) is 164 Å². The molecule has 0 aliphatic carbocycles. The van der Waals surface area contributed by atoms with E-state index < -0.39 is 9.85 Å². The second-order valence-corrected chi connectivity index (χ2v) is 14.3. The summed E-state index contributed by atoms with van der Waals surface area (Å²) in [5.41, 5.74) is 5.20. The molecule has 0 spiro atoms. The van der Waals surface area contributed by atoms with Crippen LogP contribution in [0.5, 0.6) is 23.0 Å². The van der Waals surface area contributed by atoms with Gasteiger partial charge in [-0.25, -0.2) is 0 Å². The van der Waals surface area contributed by atoms with Crippen LogP contribution in [-0.2, 0) is 0 Å². The van der Waals surface area contributed by atoms with Gasteiger partial charge < -0.3 is 29.5 Å². The SMILES string of the molecule is CCN(CCOc1cccc(C=NCCN=Cc2cccc(OCCN(CC)c3ccc(N=Nc4ccc([N+](=O)[O-])cc4)cc3)c2O)c1O)c1ccc(N=Nc2ccc([N+](=O)[O-])cc2)cc1. The van der Waals surface area contributed by atoms with Crippen molar-refractivity contribution in [3.8, 4) is 23.0 Å². The molecular formula is C48H48N10O8. The smallest absolute Gasteiger partial charge is 0.269 e. The fraction of sp³-hybridized carbons (Fsp3) is 0.208. The van der Waals surface area contributed by atoms with Crippen molar-refractivity contribution in [2.75, 3.05) is 62.3 Å². The number of hydrogen-bond acceptors (Lipinski definition) is 16. The standard InChI is InChI=1S/C48H48N10O8/c1-3-55(41-19-11-37(12-20-41)51-53-39-15-23-43(24-16-39)57(61)62)29-31-65-45-9-5-7-35(47(45)59)33-49-27-28-50-34-36-8-6-10-46(48(36)60)66-32-30-56(4-2)42-21-13-38(14-22-42)52-54-40-17-25-44(26-18-40)58(63)64/h5-26,33-34,59-60H,3-4,27-32H2,1-2H3. The van der Waals surface area contributed by atoms with Gasteiger partial charge in [0.1, 0.15) is 13.2 Å².